The minimum atomic E-state index is -3.63. The number of hydrogen-bond acceptors (Lipinski definition) is 45. The third-order valence-corrected chi connectivity index (χ3v) is 0. The zero-order valence-corrected chi connectivity index (χ0v) is 67.4. The Bertz CT molecular complexity index is 823. The molecule has 0 amide bonds. The van der Waals surface area contributed by atoms with Gasteiger partial charge in [-0.25, -0.2) is 0 Å². The Kier molecular flexibility index (Phi) is 423. The van der Waals surface area contributed by atoms with Crippen LogP contribution < -0.4 is 203 Å². The molecule has 2 radical (unpaired) electrons. The second-order valence-electron chi connectivity index (χ2n) is 3.75. The van der Waals surface area contributed by atoms with Crippen molar-refractivity contribution in [2.45, 2.75) is 0 Å². The first-order chi connectivity index (χ1) is 26.0. The van der Waals surface area contributed by atoms with Gasteiger partial charge < -0.3 is 211 Å². The Balaban J connectivity index is -0.0000000119. The van der Waals surface area contributed by atoms with Crippen molar-refractivity contribution in [3.8, 4) is 0 Å². The molecule has 45 nitrogen and oxygen atoms in total. The van der Waals surface area contributed by atoms with Crippen LogP contribution in [0.3, 0.4) is 0 Å². The van der Waals surface area contributed by atoms with Gasteiger partial charge in [0, 0.05) is 138 Å². The molecule has 0 aliphatic carbocycles. The Morgan fingerprint density at radius 1 is 0.167 bits per heavy atom. The van der Waals surface area contributed by atoms with E-state index >= 15 is 0 Å². The van der Waals surface area contributed by atoms with Crippen LogP contribution in [0.2, 0.25) is 0 Å². The van der Waals surface area contributed by atoms with Crippen LogP contribution in [0.1, 0.15) is 0 Å². The van der Waals surface area contributed by atoms with Gasteiger partial charge in [0.25, 0.3) is 0 Å². The molecule has 0 N–H and O–H groups in total. The van der Waals surface area contributed by atoms with Crippen LogP contribution in [0, 0.1) is 0 Å². The average molecular weight is 1580 g/mol. The first kappa shape index (κ1) is 178. The van der Waals surface area contributed by atoms with E-state index in [2.05, 4.69) is 0 Å². The van der Waals surface area contributed by atoms with E-state index in [4.69, 9.17) is 211 Å². The van der Waals surface area contributed by atoms with Crippen molar-refractivity contribution in [2.24, 2.45) is 0 Å². The molecular formula is Al2Ca2Fe2Mg2Na2O45Si15Ti2. The van der Waals surface area contributed by atoms with Crippen LogP contribution in [-0.2, 0) is 145 Å². The van der Waals surface area contributed by atoms with E-state index < -0.39 is 138 Å². The first-order valence-corrected chi connectivity index (χ1v) is 27.6. The molecule has 0 aromatic carbocycles. The SMILES string of the molecule is O=[Si]([O-])[O-].O=[Si]([O-])[O-].O=[Si]([O-])[O-].O=[Si]([O-])[O-].O=[Si]([O-])[O-].O=[Si]([O-])[O-].O=[Si]([O-])[O-].O=[Si]([O-])[O-].O=[Si]([O-])[O-].O=[Si]([O-])[O-].O=[Si]([O-])[O-].O=[Si]([O-])[O-].O=[Si]([O-])[O-].O=[Si]([O-])[O-].O=[Si]([O-])[O-].[Al+3].[Al+3].[Ca+2].[Ca+2].[Fe+3].[Fe+3].[Mg+2].[Mg+2].[Na+].[Na+].[Ti+4].[Ti+4]. The monoisotopic (exact) mass is 1580 g/mol. The van der Waals surface area contributed by atoms with Gasteiger partial charge in [0.15, 0.2) is 0 Å². The fourth-order valence-corrected chi connectivity index (χ4v) is 0. The summed E-state index contributed by atoms with van der Waals surface area (Å²) in [5.74, 6) is 0. The van der Waals surface area contributed by atoms with Gasteiger partial charge in [0.1, 0.15) is 0 Å². The standard InChI is InChI=1S/2Al.2Ca.2Fe.2Mg.2Na.15O3Si.2Ti/c;;;;;;;;;;15*1-4(2)3;;/q2*+3;2*+2;2*+3;2*+2;2*+1;15*-2;2*+4. The fourth-order valence-electron chi connectivity index (χ4n) is 0. The molecule has 0 atom stereocenters. The summed E-state index contributed by atoms with van der Waals surface area (Å²) >= 11 is 0. The van der Waals surface area contributed by atoms with Crippen LogP contribution in [0.4, 0.5) is 0 Å². The molecule has 72 heavy (non-hydrogen) atoms. The zero-order valence-electron chi connectivity index (χ0n) is 33.6. The van der Waals surface area contributed by atoms with Crippen LogP contribution in [0.25, 0.3) is 0 Å². The summed E-state index contributed by atoms with van der Waals surface area (Å²) in [6.45, 7) is 0. The molecule has 370 valence electrons. The molecule has 72 heteroatoms. The van der Waals surface area contributed by atoms with E-state index in [-0.39, 0.29) is 293 Å². The zero-order chi connectivity index (χ0) is 53.7. The van der Waals surface area contributed by atoms with Crippen LogP contribution in [0.5, 0.6) is 0 Å². The average Bonchev–Trinajstić information content (AvgIpc) is 2.78. The quantitative estimate of drug-likeness (QED) is 0.203. The van der Waals surface area contributed by atoms with Crippen molar-refractivity contribution in [3.63, 3.8) is 0 Å². The molecule has 0 spiro atoms. The Morgan fingerprint density at radius 3 is 0.167 bits per heavy atom. The van der Waals surface area contributed by atoms with E-state index in [0.717, 1.165) is 0 Å². The summed E-state index contributed by atoms with van der Waals surface area (Å²) < 4.78 is 128. The van der Waals surface area contributed by atoms with E-state index in [1.165, 1.54) is 0 Å². The van der Waals surface area contributed by atoms with Gasteiger partial charge in [0.05, 0.1) is 0 Å². The molecule has 0 aliphatic rings. The molecule has 0 rings (SSSR count). The first-order valence-electron chi connectivity index (χ1n) is 9.19. The minimum absolute atomic E-state index is 0. The maximum Gasteiger partial charge on any atom is 4.00 e. The largest absolute Gasteiger partial charge is 4.00 e. The predicted octanol–water partition coefficient (Wildman–Crippen LogP) is -51.5. The van der Waals surface area contributed by atoms with Gasteiger partial charge in [-0.2, -0.15) is 0 Å². The van der Waals surface area contributed by atoms with Crippen molar-refractivity contribution in [1.82, 2.24) is 0 Å². The van der Waals surface area contributed by atoms with E-state index in [1.54, 1.807) is 0 Å². The van der Waals surface area contributed by atoms with Crippen molar-refractivity contribution >= 4 is 294 Å². The van der Waals surface area contributed by atoms with Crippen molar-refractivity contribution in [2.75, 3.05) is 0 Å². The molecule has 0 fully saturated rings. The summed E-state index contributed by atoms with van der Waals surface area (Å²) in [7, 11) is -54.4. The van der Waals surface area contributed by atoms with Crippen molar-refractivity contribution in [3.05, 3.63) is 0 Å². The summed E-state index contributed by atoms with van der Waals surface area (Å²) in [6, 6.07) is 0. The smallest absolute Gasteiger partial charge is 0.672 e. The molecule has 0 aliphatic heterocycles. The van der Waals surface area contributed by atoms with Crippen molar-refractivity contribution in [1.29, 1.82) is 0 Å². The molecule has 0 aromatic heterocycles. The van der Waals surface area contributed by atoms with Gasteiger partial charge >= 0.3 is 293 Å². The van der Waals surface area contributed by atoms with Crippen LogP contribution in [-0.4, -0.2) is 294 Å². The molecule has 0 heterocycles. The van der Waals surface area contributed by atoms with E-state index in [9.17, 15) is 0 Å². The summed E-state index contributed by atoms with van der Waals surface area (Å²) in [4.78, 5) is 256. The van der Waals surface area contributed by atoms with Crippen LogP contribution in [0.15, 0.2) is 0 Å². The topological polar surface area (TPSA) is 948 Å². The Morgan fingerprint density at radius 2 is 0.167 bits per heavy atom. The maximum atomic E-state index is 8.52. The van der Waals surface area contributed by atoms with Gasteiger partial charge in [-0.3, -0.25) is 0 Å². The van der Waals surface area contributed by atoms with Gasteiger partial charge in [-0.15, -0.1) is 0 Å². The normalized spacial score (nSPS) is 5.00. The third kappa shape index (κ3) is 26600. The Hall–Kier alpha value is 3.84. The second kappa shape index (κ2) is 171. The third-order valence-electron chi connectivity index (χ3n) is 0. The van der Waals surface area contributed by atoms with Gasteiger partial charge in [-0.1, -0.05) is 0 Å². The molecule has 0 bridgehead atoms. The van der Waals surface area contributed by atoms with Crippen LogP contribution >= 0.6 is 0 Å². The number of rotatable bonds is 0. The molecular weight excluding hydrogens is 1580 g/mol. The fraction of sp³-hybridized carbons (Fsp3) is 0. The van der Waals surface area contributed by atoms with E-state index in [0.29, 0.717) is 0 Å². The second-order valence-corrected chi connectivity index (χ2v) is 11.3. The molecule has 0 saturated carbocycles. The summed E-state index contributed by atoms with van der Waals surface area (Å²) in [5, 5.41) is 0. The van der Waals surface area contributed by atoms with E-state index in [1.807, 2.05) is 0 Å². The molecule has 0 saturated heterocycles. The van der Waals surface area contributed by atoms with Gasteiger partial charge in [-0.05, 0) is 0 Å². The number of hydrogen-bond donors (Lipinski definition) is 0. The predicted molar refractivity (Wildman–Crippen MR) is 131 cm³/mol. The van der Waals surface area contributed by atoms with Crippen molar-refractivity contribution < 1.29 is 347 Å². The maximum absolute atomic E-state index is 8.52. The Labute approximate surface area is 630 Å². The summed E-state index contributed by atoms with van der Waals surface area (Å²) in [5.41, 5.74) is 0. The summed E-state index contributed by atoms with van der Waals surface area (Å²) in [6.07, 6.45) is 0. The molecule has 0 aromatic rings. The van der Waals surface area contributed by atoms with Gasteiger partial charge in [0.2, 0.25) is 0 Å². The minimum Gasteiger partial charge on any atom is -0.672 e. The molecule has 0 unspecified atom stereocenters.